The molecule has 2 N–H and O–H groups in total. The van der Waals surface area contributed by atoms with Crippen molar-refractivity contribution >= 4 is 22.5 Å². The zero-order valence-electron chi connectivity index (χ0n) is 21.3. The molecule has 0 radical (unpaired) electrons. The van der Waals surface area contributed by atoms with Gasteiger partial charge in [-0.3, -0.25) is 9.88 Å². The first-order chi connectivity index (χ1) is 18.7. The third-order valence-electron chi connectivity index (χ3n) is 7.23. The van der Waals surface area contributed by atoms with E-state index in [1.54, 1.807) is 6.20 Å². The van der Waals surface area contributed by atoms with Gasteiger partial charge in [-0.15, -0.1) is 0 Å². The number of morpholine rings is 1. The highest BCUT2D eigenvalue weighted by Gasteiger charge is 2.38. The van der Waals surface area contributed by atoms with Crippen LogP contribution in [0.15, 0.2) is 85.1 Å². The lowest BCUT2D eigenvalue weighted by Crippen LogP contribution is -2.35. The van der Waals surface area contributed by atoms with Crippen molar-refractivity contribution in [2.45, 2.75) is 25.4 Å². The Hall–Kier alpha value is -3.94. The molecule has 38 heavy (non-hydrogen) atoms. The zero-order chi connectivity index (χ0) is 25.7. The largest absolute Gasteiger partial charge is 0.455 e. The summed E-state index contributed by atoms with van der Waals surface area (Å²) in [4.78, 5) is 19.7. The molecule has 2 fully saturated rings. The minimum absolute atomic E-state index is 0.176. The van der Waals surface area contributed by atoms with E-state index in [9.17, 15) is 4.79 Å². The highest BCUT2D eigenvalue weighted by Crippen LogP contribution is 2.36. The normalized spacial score (nSPS) is 19.2. The second-order valence-corrected chi connectivity index (χ2v) is 10.0. The highest BCUT2D eigenvalue weighted by atomic mass is 16.5. The fraction of sp³-hybridized carbons (Fsp3) is 0.290. The maximum atomic E-state index is 12.8. The molecule has 3 aromatic carbocycles. The molecule has 7 heteroatoms. The summed E-state index contributed by atoms with van der Waals surface area (Å²) in [6.07, 6.45) is 3.77. The summed E-state index contributed by atoms with van der Waals surface area (Å²) >= 11 is 0. The minimum atomic E-state index is -0.176. The topological polar surface area (TPSA) is 75.7 Å². The van der Waals surface area contributed by atoms with E-state index < -0.39 is 0 Å². The Morgan fingerprint density at radius 1 is 0.947 bits per heavy atom. The van der Waals surface area contributed by atoms with Gasteiger partial charge in [-0.1, -0.05) is 54.6 Å². The minimum Gasteiger partial charge on any atom is -0.455 e. The SMILES string of the molecule is O=C(Nc1ccc(Oc2ccc(CN3CCOCC3)nc2)c2ccccc12)NC1CC1Cc1ccccc1. The Morgan fingerprint density at radius 2 is 1.74 bits per heavy atom. The van der Waals surface area contributed by atoms with E-state index in [0.29, 0.717) is 11.7 Å². The van der Waals surface area contributed by atoms with Crippen molar-refractivity contribution in [3.8, 4) is 11.5 Å². The van der Waals surface area contributed by atoms with Crippen LogP contribution >= 0.6 is 0 Å². The van der Waals surface area contributed by atoms with Gasteiger partial charge in [-0.25, -0.2) is 4.79 Å². The van der Waals surface area contributed by atoms with Gasteiger partial charge in [0.05, 0.1) is 30.8 Å². The van der Waals surface area contributed by atoms with E-state index in [2.05, 4.69) is 44.8 Å². The van der Waals surface area contributed by atoms with E-state index in [1.807, 2.05) is 54.6 Å². The van der Waals surface area contributed by atoms with Gasteiger partial charge in [0.1, 0.15) is 11.5 Å². The third kappa shape index (κ3) is 5.96. The summed E-state index contributed by atoms with van der Waals surface area (Å²) < 4.78 is 11.6. The van der Waals surface area contributed by atoms with E-state index in [-0.39, 0.29) is 12.1 Å². The summed E-state index contributed by atoms with van der Waals surface area (Å²) in [5.41, 5.74) is 3.08. The number of benzene rings is 3. The number of ether oxygens (including phenoxy) is 2. The lowest BCUT2D eigenvalue weighted by Gasteiger charge is -2.26. The number of rotatable bonds is 8. The highest BCUT2D eigenvalue weighted by molar-refractivity contribution is 6.04. The first-order valence-electron chi connectivity index (χ1n) is 13.3. The van der Waals surface area contributed by atoms with Crippen molar-refractivity contribution in [2.24, 2.45) is 5.92 Å². The van der Waals surface area contributed by atoms with Crippen LogP contribution in [0.2, 0.25) is 0 Å². The molecule has 0 bridgehead atoms. The van der Waals surface area contributed by atoms with Crippen LogP contribution in [-0.2, 0) is 17.7 Å². The van der Waals surface area contributed by atoms with Gasteiger partial charge in [0.2, 0.25) is 0 Å². The van der Waals surface area contributed by atoms with Crippen molar-refractivity contribution in [3.05, 3.63) is 96.3 Å². The number of hydrogen-bond donors (Lipinski definition) is 2. The predicted octanol–water partition coefficient (Wildman–Crippen LogP) is 5.61. The molecule has 1 aromatic heterocycles. The van der Waals surface area contributed by atoms with Gasteiger partial charge in [-0.2, -0.15) is 0 Å². The van der Waals surface area contributed by atoms with Gasteiger partial charge >= 0.3 is 6.03 Å². The molecule has 2 heterocycles. The van der Waals surface area contributed by atoms with Crippen molar-refractivity contribution in [3.63, 3.8) is 0 Å². The first-order valence-corrected chi connectivity index (χ1v) is 13.3. The van der Waals surface area contributed by atoms with Crippen molar-refractivity contribution in [1.82, 2.24) is 15.2 Å². The predicted molar refractivity (Wildman–Crippen MR) is 149 cm³/mol. The van der Waals surface area contributed by atoms with Gasteiger partial charge in [0.25, 0.3) is 0 Å². The van der Waals surface area contributed by atoms with Crippen molar-refractivity contribution in [2.75, 3.05) is 31.6 Å². The van der Waals surface area contributed by atoms with E-state index >= 15 is 0 Å². The lowest BCUT2D eigenvalue weighted by molar-refractivity contribution is 0.0336. The summed E-state index contributed by atoms with van der Waals surface area (Å²) in [6.45, 7) is 4.22. The molecule has 1 saturated heterocycles. The number of aromatic nitrogens is 1. The van der Waals surface area contributed by atoms with Crippen molar-refractivity contribution < 1.29 is 14.3 Å². The van der Waals surface area contributed by atoms with Crippen LogP contribution in [0, 0.1) is 5.92 Å². The average molecular weight is 509 g/mol. The van der Waals surface area contributed by atoms with Crippen LogP contribution in [0.4, 0.5) is 10.5 Å². The number of amides is 2. The molecule has 1 aliphatic carbocycles. The van der Waals surface area contributed by atoms with E-state index in [1.165, 1.54) is 5.56 Å². The molecule has 1 aliphatic heterocycles. The number of carbonyl (C=O) groups is 1. The number of anilines is 1. The van der Waals surface area contributed by atoms with Crippen LogP contribution in [0.25, 0.3) is 10.8 Å². The molecule has 7 nitrogen and oxygen atoms in total. The Balaban J connectivity index is 1.09. The molecular weight excluding hydrogens is 476 g/mol. The summed E-state index contributed by atoms with van der Waals surface area (Å²) in [7, 11) is 0. The number of nitrogens with one attached hydrogen (secondary N) is 2. The fourth-order valence-electron chi connectivity index (χ4n) is 5.04. The number of urea groups is 1. The van der Waals surface area contributed by atoms with E-state index in [0.717, 1.165) is 73.6 Å². The Bertz CT molecular complexity index is 1390. The van der Waals surface area contributed by atoms with Crippen LogP contribution in [0.5, 0.6) is 11.5 Å². The van der Waals surface area contributed by atoms with Crippen LogP contribution in [0.3, 0.4) is 0 Å². The zero-order valence-corrected chi connectivity index (χ0v) is 21.3. The van der Waals surface area contributed by atoms with Gasteiger partial charge in [-0.05, 0) is 48.6 Å². The average Bonchev–Trinajstić information content (AvgIpc) is 3.68. The molecule has 1 saturated carbocycles. The molecular formula is C31H32N4O3. The Morgan fingerprint density at radius 3 is 2.53 bits per heavy atom. The van der Waals surface area contributed by atoms with Crippen LogP contribution in [-0.4, -0.2) is 48.3 Å². The number of hydrogen-bond acceptors (Lipinski definition) is 5. The second-order valence-electron chi connectivity index (χ2n) is 10.0. The molecule has 0 spiro atoms. The quantitative estimate of drug-likeness (QED) is 0.324. The number of nitrogens with zero attached hydrogens (tertiary/aromatic N) is 2. The van der Waals surface area contributed by atoms with Crippen LogP contribution < -0.4 is 15.4 Å². The standard InChI is InChI=1S/C31H32N4O3/c36-31(34-29-19-23(29)18-22-6-2-1-3-7-22)33-28-12-13-30(27-9-5-4-8-26(27)28)38-25-11-10-24(32-20-25)21-35-14-16-37-17-15-35/h1-13,20,23,29H,14-19,21H2,(H2,33,34,36). The number of pyridine rings is 1. The summed E-state index contributed by atoms with van der Waals surface area (Å²) in [5, 5.41) is 8.02. The van der Waals surface area contributed by atoms with Gasteiger partial charge < -0.3 is 20.1 Å². The smallest absolute Gasteiger partial charge is 0.319 e. The maximum Gasteiger partial charge on any atom is 0.319 e. The molecule has 4 aromatic rings. The molecule has 2 unspecified atom stereocenters. The monoisotopic (exact) mass is 508 g/mol. The first kappa shape index (κ1) is 24.4. The Kier molecular flexibility index (Phi) is 7.20. The summed E-state index contributed by atoms with van der Waals surface area (Å²) in [6, 6.07) is 26.2. The van der Waals surface area contributed by atoms with Gasteiger partial charge in [0.15, 0.2) is 0 Å². The fourth-order valence-corrected chi connectivity index (χ4v) is 5.04. The number of carbonyl (C=O) groups excluding carboxylic acids is 1. The molecule has 2 atom stereocenters. The maximum absolute atomic E-state index is 12.8. The molecule has 2 amide bonds. The molecule has 194 valence electrons. The summed E-state index contributed by atoms with van der Waals surface area (Å²) in [5.74, 6) is 1.89. The molecule has 2 aliphatic rings. The van der Waals surface area contributed by atoms with Crippen LogP contribution in [0.1, 0.15) is 17.7 Å². The third-order valence-corrected chi connectivity index (χ3v) is 7.23. The van der Waals surface area contributed by atoms with Gasteiger partial charge in [0, 0.05) is 36.4 Å². The second kappa shape index (κ2) is 11.2. The van der Waals surface area contributed by atoms with Crippen molar-refractivity contribution in [1.29, 1.82) is 0 Å². The van der Waals surface area contributed by atoms with E-state index in [4.69, 9.17) is 9.47 Å². The molecule has 6 rings (SSSR count). The lowest BCUT2D eigenvalue weighted by atomic mass is 10.1. The Labute approximate surface area is 222 Å². The number of fused-ring (bicyclic) bond motifs is 1.